The van der Waals surface area contributed by atoms with Crippen LogP contribution >= 0.6 is 34.8 Å². The van der Waals surface area contributed by atoms with Crippen molar-refractivity contribution in [3.8, 4) is 11.6 Å². The van der Waals surface area contributed by atoms with E-state index in [9.17, 15) is 4.79 Å². The van der Waals surface area contributed by atoms with E-state index in [1.165, 1.54) is 12.1 Å². The number of oxime groups is 1. The quantitative estimate of drug-likeness (QED) is 0.253. The number of halogens is 3. The van der Waals surface area contributed by atoms with E-state index in [-0.39, 0.29) is 44.3 Å². The van der Waals surface area contributed by atoms with Crippen molar-refractivity contribution in [1.82, 2.24) is 10.2 Å². The summed E-state index contributed by atoms with van der Waals surface area (Å²) in [5.74, 6) is 0.139. The van der Waals surface area contributed by atoms with Crippen molar-refractivity contribution < 1.29 is 19.5 Å². The van der Waals surface area contributed by atoms with E-state index >= 15 is 0 Å². The van der Waals surface area contributed by atoms with Gasteiger partial charge >= 0.3 is 6.09 Å². The zero-order valence-electron chi connectivity index (χ0n) is 14.7. The van der Waals surface area contributed by atoms with Crippen molar-refractivity contribution in [3.63, 3.8) is 0 Å². The Bertz CT molecular complexity index is 885. The molecule has 0 bridgehead atoms. The number of nitrogens with two attached hydrogens (primary N) is 1. The summed E-state index contributed by atoms with van der Waals surface area (Å²) >= 11 is 18.4. The molecule has 0 saturated heterocycles. The number of ether oxygens (including phenoxy) is 2. The van der Waals surface area contributed by atoms with E-state index in [4.69, 9.17) is 55.2 Å². The number of carbonyl (C=O) groups excluding carboxylic acids is 1. The van der Waals surface area contributed by atoms with Crippen molar-refractivity contribution in [2.75, 3.05) is 11.9 Å². The first-order valence-electron chi connectivity index (χ1n) is 7.81. The van der Waals surface area contributed by atoms with Crippen LogP contribution in [0.1, 0.15) is 25.3 Å². The van der Waals surface area contributed by atoms with Crippen LogP contribution in [0.15, 0.2) is 23.4 Å². The number of hydrogen-bond donors (Lipinski definition) is 3. The minimum Gasteiger partial charge on any atom is -0.441 e. The van der Waals surface area contributed by atoms with E-state index < -0.39 is 12.7 Å². The maximum absolute atomic E-state index is 11.7. The minimum absolute atomic E-state index is 0.110. The summed E-state index contributed by atoms with van der Waals surface area (Å²) in [5, 5.41) is 21.7. The van der Waals surface area contributed by atoms with E-state index in [0.717, 1.165) is 5.56 Å². The number of nitrogens with one attached hydrogen (secondary N) is 1. The predicted octanol–water partition coefficient (Wildman–Crippen LogP) is 4.65. The SMILES string of the molecule is CC(C)c1cc(Oc2c(Cl)cc(NC(=O)OCC(N)=NO)cc2Cl)nnc1Cl. The van der Waals surface area contributed by atoms with E-state index in [1.807, 2.05) is 13.8 Å². The van der Waals surface area contributed by atoms with Crippen LogP contribution in [0.2, 0.25) is 15.2 Å². The molecule has 0 fully saturated rings. The Hall–Kier alpha value is -2.49. The highest BCUT2D eigenvalue weighted by atomic mass is 35.5. The number of benzene rings is 1. The molecule has 0 atom stereocenters. The van der Waals surface area contributed by atoms with Crippen LogP contribution in [0.3, 0.4) is 0 Å². The second-order valence-electron chi connectivity index (χ2n) is 5.75. The Kier molecular flexibility index (Phi) is 7.50. The number of anilines is 1. The molecule has 1 aromatic heterocycles. The summed E-state index contributed by atoms with van der Waals surface area (Å²) in [6.45, 7) is 3.51. The topological polar surface area (TPSA) is 132 Å². The van der Waals surface area contributed by atoms with Crippen LogP contribution in [-0.2, 0) is 4.74 Å². The van der Waals surface area contributed by atoms with Crippen LogP contribution in [0.25, 0.3) is 0 Å². The van der Waals surface area contributed by atoms with Crippen LogP contribution < -0.4 is 15.8 Å². The van der Waals surface area contributed by atoms with Gasteiger partial charge in [-0.15, -0.1) is 10.2 Å². The number of nitrogens with zero attached hydrogens (tertiary/aromatic N) is 3. The molecule has 28 heavy (non-hydrogen) atoms. The molecule has 2 aromatic rings. The number of hydrogen-bond acceptors (Lipinski definition) is 7. The fourth-order valence-corrected chi connectivity index (χ4v) is 2.86. The van der Waals surface area contributed by atoms with Gasteiger partial charge in [-0.25, -0.2) is 4.79 Å². The van der Waals surface area contributed by atoms with Gasteiger partial charge in [-0.05, 0) is 23.6 Å². The molecule has 0 saturated carbocycles. The molecule has 1 aromatic carbocycles. The maximum Gasteiger partial charge on any atom is 0.412 e. The van der Waals surface area contributed by atoms with Gasteiger partial charge in [0.2, 0.25) is 5.88 Å². The third-order valence-corrected chi connectivity index (χ3v) is 4.16. The minimum atomic E-state index is -0.849. The maximum atomic E-state index is 11.7. The highest BCUT2D eigenvalue weighted by Gasteiger charge is 2.16. The van der Waals surface area contributed by atoms with Gasteiger partial charge in [0.25, 0.3) is 0 Å². The Morgan fingerprint density at radius 1 is 1.25 bits per heavy atom. The second kappa shape index (κ2) is 9.63. The van der Waals surface area contributed by atoms with Gasteiger partial charge in [-0.1, -0.05) is 53.8 Å². The largest absolute Gasteiger partial charge is 0.441 e. The second-order valence-corrected chi connectivity index (χ2v) is 6.92. The molecule has 1 heterocycles. The van der Waals surface area contributed by atoms with E-state index in [2.05, 4.69) is 20.7 Å². The number of amides is 1. The van der Waals surface area contributed by atoms with Crippen LogP contribution in [0, 0.1) is 0 Å². The van der Waals surface area contributed by atoms with Crippen molar-refractivity contribution in [1.29, 1.82) is 0 Å². The zero-order valence-corrected chi connectivity index (χ0v) is 17.0. The summed E-state index contributed by atoms with van der Waals surface area (Å²) in [4.78, 5) is 11.7. The number of carbonyl (C=O) groups is 1. The highest BCUT2D eigenvalue weighted by Crippen LogP contribution is 2.39. The Morgan fingerprint density at radius 3 is 2.46 bits per heavy atom. The van der Waals surface area contributed by atoms with Gasteiger partial charge < -0.3 is 20.4 Å². The molecule has 150 valence electrons. The standard InChI is InChI=1S/C16H16Cl3N5O4/c1-7(2)9-5-13(22-23-15(9)19)28-14-10(17)3-8(4-11(14)18)21-16(25)27-6-12(20)24-26/h3-5,7,26H,6H2,1-2H3,(H2,20,24)(H,21,25). The van der Waals surface area contributed by atoms with Gasteiger partial charge in [-0.3, -0.25) is 5.32 Å². The van der Waals surface area contributed by atoms with Crippen LogP contribution in [0.4, 0.5) is 10.5 Å². The lowest BCUT2D eigenvalue weighted by atomic mass is 10.1. The van der Waals surface area contributed by atoms with Crippen molar-refractivity contribution >= 4 is 52.4 Å². The van der Waals surface area contributed by atoms with E-state index in [1.54, 1.807) is 6.07 Å². The van der Waals surface area contributed by atoms with Gasteiger partial charge in [0.05, 0.1) is 10.0 Å². The monoisotopic (exact) mass is 447 g/mol. The van der Waals surface area contributed by atoms with E-state index in [0.29, 0.717) is 0 Å². The first kappa shape index (κ1) is 21.8. The van der Waals surface area contributed by atoms with Crippen LogP contribution in [-0.4, -0.2) is 33.9 Å². The smallest absolute Gasteiger partial charge is 0.412 e. The van der Waals surface area contributed by atoms with Crippen molar-refractivity contribution in [2.45, 2.75) is 19.8 Å². The van der Waals surface area contributed by atoms with Gasteiger partial charge in [0.1, 0.15) is 0 Å². The average molecular weight is 449 g/mol. The molecule has 0 aliphatic carbocycles. The molecular weight excluding hydrogens is 433 g/mol. The van der Waals surface area contributed by atoms with Gasteiger partial charge in [0.15, 0.2) is 23.3 Å². The lowest BCUT2D eigenvalue weighted by Gasteiger charge is -2.13. The lowest BCUT2D eigenvalue weighted by Crippen LogP contribution is -2.24. The van der Waals surface area contributed by atoms with Crippen molar-refractivity contribution in [3.05, 3.63) is 39.0 Å². The average Bonchev–Trinajstić information content (AvgIpc) is 2.63. The normalized spacial score (nSPS) is 11.4. The summed E-state index contributed by atoms with van der Waals surface area (Å²) in [6.07, 6.45) is -0.849. The molecule has 0 unspecified atom stereocenters. The third-order valence-electron chi connectivity index (χ3n) is 3.31. The number of aromatic nitrogens is 2. The molecule has 2 rings (SSSR count). The van der Waals surface area contributed by atoms with Crippen LogP contribution in [0.5, 0.6) is 11.6 Å². The fourth-order valence-electron chi connectivity index (χ4n) is 1.98. The summed E-state index contributed by atoms with van der Waals surface area (Å²) in [5.41, 5.74) is 6.21. The summed E-state index contributed by atoms with van der Waals surface area (Å²) in [6, 6.07) is 4.45. The first-order valence-corrected chi connectivity index (χ1v) is 8.94. The summed E-state index contributed by atoms with van der Waals surface area (Å²) < 4.78 is 10.4. The third kappa shape index (κ3) is 5.75. The molecule has 4 N–H and O–H groups in total. The Morgan fingerprint density at radius 2 is 1.89 bits per heavy atom. The molecule has 0 aliphatic heterocycles. The molecule has 0 radical (unpaired) electrons. The van der Waals surface area contributed by atoms with Crippen molar-refractivity contribution in [2.24, 2.45) is 10.9 Å². The molecule has 12 heteroatoms. The Balaban J connectivity index is 2.16. The number of amidine groups is 1. The molecule has 1 amide bonds. The molecule has 9 nitrogen and oxygen atoms in total. The Labute approximate surface area is 175 Å². The lowest BCUT2D eigenvalue weighted by molar-refractivity contribution is 0.176. The van der Waals surface area contributed by atoms with Gasteiger partial charge in [0, 0.05) is 11.8 Å². The summed E-state index contributed by atoms with van der Waals surface area (Å²) in [7, 11) is 0. The zero-order chi connectivity index (χ0) is 20.8. The first-order chi connectivity index (χ1) is 13.2. The number of rotatable bonds is 6. The molecule has 0 spiro atoms. The predicted molar refractivity (Wildman–Crippen MR) is 106 cm³/mol. The van der Waals surface area contributed by atoms with Gasteiger partial charge in [-0.2, -0.15) is 0 Å². The molecular formula is C16H16Cl3N5O4. The molecule has 0 aliphatic rings. The fraction of sp³-hybridized carbons (Fsp3) is 0.250. The highest BCUT2D eigenvalue weighted by molar-refractivity contribution is 6.37.